The summed E-state index contributed by atoms with van der Waals surface area (Å²) in [5, 5.41) is 5.47. The van der Waals surface area contributed by atoms with Crippen LogP contribution in [0.2, 0.25) is 0 Å². The molecule has 1 aliphatic rings. The number of ether oxygens (including phenoxy) is 1. The molecule has 3 aromatic rings. The molecule has 1 amide bonds. The number of hydrogen-bond acceptors (Lipinski definition) is 4. The van der Waals surface area contributed by atoms with Crippen molar-refractivity contribution < 1.29 is 9.53 Å². The lowest BCUT2D eigenvalue weighted by atomic mass is 10.1. The lowest BCUT2D eigenvalue weighted by molar-refractivity contribution is -0.00436. The van der Waals surface area contributed by atoms with Crippen LogP contribution in [0.4, 0.5) is 0 Å². The highest BCUT2D eigenvalue weighted by Crippen LogP contribution is 2.32. The van der Waals surface area contributed by atoms with Gasteiger partial charge in [-0.2, -0.15) is 5.10 Å². The highest BCUT2D eigenvalue weighted by molar-refractivity contribution is 7.20. The van der Waals surface area contributed by atoms with E-state index < -0.39 is 0 Å². The van der Waals surface area contributed by atoms with Gasteiger partial charge in [0.1, 0.15) is 4.83 Å². The molecule has 1 aliphatic heterocycles. The normalized spacial score (nSPS) is 18.5. The predicted octanol–water partition coefficient (Wildman–Crippen LogP) is 2.50. The van der Waals surface area contributed by atoms with Crippen molar-refractivity contribution in [1.82, 2.24) is 19.2 Å². The van der Waals surface area contributed by atoms with Crippen LogP contribution in [0.3, 0.4) is 0 Å². The zero-order valence-electron chi connectivity index (χ0n) is 14.0. The van der Waals surface area contributed by atoms with Crippen molar-refractivity contribution in [3.05, 3.63) is 40.7 Å². The minimum Gasteiger partial charge on any atom is -0.377 e. The Morgan fingerprint density at radius 1 is 1.42 bits per heavy atom. The summed E-state index contributed by atoms with van der Waals surface area (Å²) in [6, 6.07) is 5.98. The summed E-state index contributed by atoms with van der Waals surface area (Å²) in [6.07, 6.45) is 2.00. The molecule has 4 heterocycles. The first-order valence-electron chi connectivity index (χ1n) is 7.99. The molecule has 0 saturated carbocycles. The summed E-state index contributed by atoms with van der Waals surface area (Å²) in [7, 11) is 3.92. The third-order valence-electron chi connectivity index (χ3n) is 4.62. The number of hydrogen-bond donors (Lipinski definition) is 0. The van der Waals surface area contributed by atoms with Crippen LogP contribution in [0.25, 0.3) is 10.2 Å². The van der Waals surface area contributed by atoms with Crippen LogP contribution in [0.15, 0.2) is 24.4 Å². The van der Waals surface area contributed by atoms with E-state index in [1.54, 1.807) is 0 Å². The van der Waals surface area contributed by atoms with Gasteiger partial charge in [0, 0.05) is 37.9 Å². The van der Waals surface area contributed by atoms with E-state index >= 15 is 0 Å². The number of thiophene rings is 1. The lowest BCUT2D eigenvalue weighted by Gasteiger charge is -2.35. The van der Waals surface area contributed by atoms with E-state index in [9.17, 15) is 4.79 Å². The topological polar surface area (TPSA) is 52.3 Å². The van der Waals surface area contributed by atoms with E-state index in [0.717, 1.165) is 26.5 Å². The summed E-state index contributed by atoms with van der Waals surface area (Å²) >= 11 is 1.51. The number of aromatic nitrogens is 3. The molecular formula is C17H20N4O2S. The van der Waals surface area contributed by atoms with E-state index in [0.29, 0.717) is 19.8 Å². The van der Waals surface area contributed by atoms with Gasteiger partial charge in [0.25, 0.3) is 5.91 Å². The molecular weight excluding hydrogens is 324 g/mol. The standard InChI is InChI=1S/C17H20N4O2S/c1-11-12-9-15(24-17(12)20(3)18-11)16(22)21-7-8-23-10-14(21)13-5-4-6-19(13)2/h4-6,9,14H,7-8,10H2,1-3H3/t14-/m0/s1. The minimum atomic E-state index is -0.0457. The molecule has 7 heteroatoms. The molecule has 1 atom stereocenters. The molecule has 0 N–H and O–H groups in total. The Bertz CT molecular complexity index is 873. The Morgan fingerprint density at radius 2 is 2.25 bits per heavy atom. The van der Waals surface area contributed by atoms with Gasteiger partial charge in [0.05, 0.1) is 29.8 Å². The molecule has 1 saturated heterocycles. The van der Waals surface area contributed by atoms with Crippen LogP contribution in [0.1, 0.15) is 27.1 Å². The van der Waals surface area contributed by atoms with Gasteiger partial charge in [-0.3, -0.25) is 9.48 Å². The zero-order chi connectivity index (χ0) is 16.8. The van der Waals surface area contributed by atoms with Crippen molar-refractivity contribution in [2.75, 3.05) is 19.8 Å². The fourth-order valence-electron chi connectivity index (χ4n) is 3.36. The Hall–Kier alpha value is -2.12. The van der Waals surface area contributed by atoms with Gasteiger partial charge >= 0.3 is 0 Å². The van der Waals surface area contributed by atoms with Crippen molar-refractivity contribution in [2.24, 2.45) is 14.1 Å². The summed E-state index contributed by atoms with van der Waals surface area (Å²) in [6.45, 7) is 3.71. The number of amides is 1. The van der Waals surface area contributed by atoms with Crippen LogP contribution >= 0.6 is 11.3 Å². The first kappa shape index (κ1) is 15.4. The highest BCUT2D eigenvalue weighted by atomic mass is 32.1. The summed E-state index contributed by atoms with van der Waals surface area (Å²) in [5.74, 6) is 0.0742. The third kappa shape index (κ3) is 2.35. The second-order valence-electron chi connectivity index (χ2n) is 6.17. The molecule has 0 aliphatic carbocycles. The molecule has 24 heavy (non-hydrogen) atoms. The molecule has 0 unspecified atom stereocenters. The van der Waals surface area contributed by atoms with E-state index in [1.807, 2.05) is 48.9 Å². The van der Waals surface area contributed by atoms with Crippen molar-refractivity contribution in [3.8, 4) is 0 Å². The maximum Gasteiger partial charge on any atom is 0.264 e. The van der Waals surface area contributed by atoms with Gasteiger partial charge in [-0.1, -0.05) is 0 Å². The molecule has 3 aromatic heterocycles. The fourth-order valence-corrected chi connectivity index (χ4v) is 4.44. The Kier molecular flexibility index (Phi) is 3.69. The maximum absolute atomic E-state index is 13.1. The summed E-state index contributed by atoms with van der Waals surface area (Å²) < 4.78 is 9.54. The Labute approximate surface area is 144 Å². The fraction of sp³-hybridized carbons (Fsp3) is 0.412. The molecule has 126 valence electrons. The number of aryl methyl sites for hydroxylation is 3. The van der Waals surface area contributed by atoms with Crippen LogP contribution in [-0.2, 0) is 18.8 Å². The molecule has 4 rings (SSSR count). The molecule has 0 aromatic carbocycles. The number of rotatable bonds is 2. The van der Waals surface area contributed by atoms with Crippen LogP contribution in [0, 0.1) is 6.92 Å². The average Bonchev–Trinajstić information content (AvgIpc) is 3.25. The number of fused-ring (bicyclic) bond motifs is 1. The number of nitrogens with zero attached hydrogens (tertiary/aromatic N) is 4. The first-order valence-corrected chi connectivity index (χ1v) is 8.81. The van der Waals surface area contributed by atoms with E-state index in [2.05, 4.69) is 15.7 Å². The number of carbonyl (C=O) groups is 1. The van der Waals surface area contributed by atoms with Crippen LogP contribution in [-0.4, -0.2) is 44.9 Å². The Morgan fingerprint density at radius 3 is 2.96 bits per heavy atom. The largest absolute Gasteiger partial charge is 0.377 e. The number of morpholine rings is 1. The minimum absolute atomic E-state index is 0.0457. The second kappa shape index (κ2) is 5.75. The van der Waals surface area contributed by atoms with Crippen LogP contribution in [0.5, 0.6) is 0 Å². The Balaban J connectivity index is 1.70. The van der Waals surface area contributed by atoms with Gasteiger partial charge in [-0.25, -0.2) is 0 Å². The molecule has 0 bridgehead atoms. The quantitative estimate of drug-likeness (QED) is 0.718. The molecule has 1 fully saturated rings. The highest BCUT2D eigenvalue weighted by Gasteiger charge is 2.31. The van der Waals surface area contributed by atoms with Crippen molar-refractivity contribution in [2.45, 2.75) is 13.0 Å². The van der Waals surface area contributed by atoms with Crippen molar-refractivity contribution in [1.29, 1.82) is 0 Å². The van der Waals surface area contributed by atoms with E-state index in [-0.39, 0.29) is 11.9 Å². The monoisotopic (exact) mass is 344 g/mol. The predicted molar refractivity (Wildman–Crippen MR) is 93.3 cm³/mol. The van der Waals surface area contributed by atoms with E-state index in [4.69, 9.17) is 4.74 Å². The van der Waals surface area contributed by atoms with Crippen LogP contribution < -0.4 is 0 Å². The second-order valence-corrected chi connectivity index (χ2v) is 7.20. The molecule has 0 radical (unpaired) electrons. The van der Waals surface area contributed by atoms with E-state index in [1.165, 1.54) is 11.3 Å². The lowest BCUT2D eigenvalue weighted by Crippen LogP contribution is -2.43. The smallest absolute Gasteiger partial charge is 0.264 e. The summed E-state index contributed by atoms with van der Waals surface area (Å²) in [4.78, 5) is 16.9. The van der Waals surface area contributed by atoms with Gasteiger partial charge in [0.2, 0.25) is 0 Å². The molecule has 0 spiro atoms. The van der Waals surface area contributed by atoms with Gasteiger partial charge in [0.15, 0.2) is 0 Å². The average molecular weight is 344 g/mol. The SMILES string of the molecule is Cc1nn(C)c2sc(C(=O)N3CCOC[C@H]3c3cccn3C)cc12. The van der Waals surface area contributed by atoms with Gasteiger partial charge in [-0.15, -0.1) is 11.3 Å². The van der Waals surface area contributed by atoms with Gasteiger partial charge in [-0.05, 0) is 25.1 Å². The summed E-state index contributed by atoms with van der Waals surface area (Å²) in [5.41, 5.74) is 2.06. The first-order chi connectivity index (χ1) is 11.6. The third-order valence-corrected chi connectivity index (χ3v) is 5.81. The van der Waals surface area contributed by atoms with Crippen molar-refractivity contribution in [3.63, 3.8) is 0 Å². The van der Waals surface area contributed by atoms with Crippen molar-refractivity contribution >= 4 is 27.5 Å². The van der Waals surface area contributed by atoms with Gasteiger partial charge < -0.3 is 14.2 Å². The molecule has 6 nitrogen and oxygen atoms in total. The number of carbonyl (C=O) groups excluding carboxylic acids is 1. The maximum atomic E-state index is 13.1. The zero-order valence-corrected chi connectivity index (χ0v) is 14.8.